The molecule has 2 atom stereocenters. The number of amides is 1. The predicted molar refractivity (Wildman–Crippen MR) is 225 cm³/mol. The number of aryl methyl sites for hydroxylation is 1. The Hall–Kier alpha value is -5.05. The van der Waals surface area contributed by atoms with Crippen molar-refractivity contribution in [2.24, 2.45) is 5.73 Å². The molecule has 0 aliphatic heterocycles. The Balaban J connectivity index is 0.00000129. The van der Waals surface area contributed by atoms with E-state index in [2.05, 4.69) is 41.8 Å². The summed E-state index contributed by atoms with van der Waals surface area (Å²) < 4.78 is 10.7. The standard InChI is InChI=1S/C23H33N3O11.C17H29N3O2.ClH/c1-2-37-18-5-3-16(4-6-18)9-17(26(14-22(33)34)15-23(35)36)10-24(11-19(27)28)7-8-25(12-20(29)30)13-21(31)32;1-13-5-7-14(8-6-13)11-15(12-19-10-9-18)20-16(21)22-17(2,3)4;/h3-6,17H,2,7-15H2,1H3,(H,27,28)(H,29,30)(H,31,32)(H,33,34)(H,35,36);5-8,15,19H,9-12,18H2,1-4H3,(H,20,21);1H/t17-;15-;/m00./s1. The van der Waals surface area contributed by atoms with Crippen LogP contribution in [0.25, 0.3) is 0 Å². The smallest absolute Gasteiger partial charge is 0.407 e. The van der Waals surface area contributed by atoms with E-state index in [4.69, 9.17) is 25.4 Å². The number of rotatable bonds is 27. The average molecular weight is 871 g/mol. The Kier molecular flexibility index (Phi) is 26.8. The fraction of sp³-hybridized carbons (Fsp3) is 0.550. The van der Waals surface area contributed by atoms with Gasteiger partial charge < -0.3 is 51.4 Å². The maximum Gasteiger partial charge on any atom is 0.407 e. The molecular weight excluding hydrogens is 808 g/mol. The Morgan fingerprint density at radius 1 is 0.717 bits per heavy atom. The Morgan fingerprint density at radius 2 is 1.18 bits per heavy atom. The number of benzene rings is 2. The van der Waals surface area contributed by atoms with E-state index in [1.807, 2.05) is 27.7 Å². The lowest BCUT2D eigenvalue weighted by Crippen LogP contribution is -2.51. The van der Waals surface area contributed by atoms with Gasteiger partial charge in [-0.2, -0.15) is 0 Å². The zero-order valence-corrected chi connectivity index (χ0v) is 35.8. The highest BCUT2D eigenvalue weighted by Crippen LogP contribution is 2.17. The van der Waals surface area contributed by atoms with Crippen molar-refractivity contribution in [3.63, 3.8) is 0 Å². The number of aliphatic carboxylic acids is 5. The van der Waals surface area contributed by atoms with Crippen molar-refractivity contribution in [3.8, 4) is 5.75 Å². The number of nitrogens with one attached hydrogen (secondary N) is 2. The van der Waals surface area contributed by atoms with Crippen LogP contribution < -0.4 is 21.1 Å². The van der Waals surface area contributed by atoms with Crippen LogP contribution in [0, 0.1) is 6.92 Å². The van der Waals surface area contributed by atoms with E-state index in [1.54, 1.807) is 24.3 Å². The maximum atomic E-state index is 12.0. The van der Waals surface area contributed by atoms with Crippen molar-refractivity contribution in [2.75, 3.05) is 78.6 Å². The van der Waals surface area contributed by atoms with Gasteiger partial charge >= 0.3 is 35.9 Å². The van der Waals surface area contributed by atoms with Crippen LogP contribution in [-0.2, 0) is 41.6 Å². The highest BCUT2D eigenvalue weighted by atomic mass is 35.5. The molecule has 2 rings (SSSR count). The number of alkyl carbamates (subject to hydrolysis) is 1. The molecule has 338 valence electrons. The second kappa shape index (κ2) is 29.2. The molecule has 0 aliphatic rings. The summed E-state index contributed by atoms with van der Waals surface area (Å²) in [5.74, 6) is -5.65. The van der Waals surface area contributed by atoms with Crippen LogP contribution in [-0.4, -0.2) is 172 Å². The summed E-state index contributed by atoms with van der Waals surface area (Å²) in [6.07, 6.45) is 0.535. The lowest BCUT2D eigenvalue weighted by atomic mass is 10.0. The minimum Gasteiger partial charge on any atom is -0.494 e. The molecule has 2 aromatic carbocycles. The Morgan fingerprint density at radius 3 is 1.65 bits per heavy atom. The molecule has 20 heteroatoms. The fourth-order valence-electron chi connectivity index (χ4n) is 5.77. The van der Waals surface area contributed by atoms with Gasteiger partial charge in [-0.05, 0) is 70.7 Å². The lowest BCUT2D eigenvalue weighted by Gasteiger charge is -2.34. The minimum atomic E-state index is -1.27. The van der Waals surface area contributed by atoms with Gasteiger partial charge in [0.2, 0.25) is 0 Å². The van der Waals surface area contributed by atoms with Gasteiger partial charge in [-0.3, -0.25) is 38.7 Å². The van der Waals surface area contributed by atoms with Crippen LogP contribution in [0.15, 0.2) is 48.5 Å². The quantitative estimate of drug-likeness (QED) is 0.0594. The zero-order chi connectivity index (χ0) is 44.5. The number of carboxylic acid groups (broad SMARTS) is 5. The monoisotopic (exact) mass is 870 g/mol. The van der Waals surface area contributed by atoms with Crippen molar-refractivity contribution in [3.05, 3.63) is 65.2 Å². The first-order chi connectivity index (χ1) is 27.7. The number of nitrogens with zero attached hydrogens (tertiary/aromatic N) is 3. The Labute approximate surface area is 357 Å². The minimum absolute atomic E-state index is 0. The number of carbonyl (C=O) groups excluding carboxylic acids is 1. The van der Waals surface area contributed by atoms with E-state index in [-0.39, 0.29) is 50.6 Å². The number of hydrogen-bond donors (Lipinski definition) is 8. The maximum absolute atomic E-state index is 12.0. The Bertz CT molecular complexity index is 1580. The van der Waals surface area contributed by atoms with Crippen LogP contribution in [0.4, 0.5) is 4.79 Å². The molecule has 60 heavy (non-hydrogen) atoms. The van der Waals surface area contributed by atoms with E-state index in [1.165, 1.54) is 20.9 Å². The number of carbonyl (C=O) groups is 6. The first-order valence-electron chi connectivity index (χ1n) is 19.1. The molecule has 2 aromatic rings. The SMILES string of the molecule is CCOc1ccc(C[C@@H](CN(CCN(CC(=O)O)CC(=O)O)CC(=O)O)N(CC(=O)O)CC(=O)O)cc1.Cc1ccc(C[C@@H](CNCCN)NC(=O)OC(C)(C)C)cc1.Cl. The summed E-state index contributed by atoms with van der Waals surface area (Å²) in [5.41, 5.74) is 8.13. The second-order valence-corrected chi connectivity index (χ2v) is 14.8. The molecule has 0 saturated carbocycles. The van der Waals surface area contributed by atoms with Crippen molar-refractivity contribution in [1.82, 2.24) is 25.3 Å². The first-order valence-corrected chi connectivity index (χ1v) is 19.1. The van der Waals surface area contributed by atoms with Crippen LogP contribution in [0.1, 0.15) is 44.4 Å². The summed E-state index contributed by atoms with van der Waals surface area (Å²) in [6.45, 7) is 8.74. The number of ether oxygens (including phenoxy) is 2. The number of carboxylic acids is 5. The summed E-state index contributed by atoms with van der Waals surface area (Å²) in [4.78, 5) is 72.3. The number of halogens is 1. The van der Waals surface area contributed by atoms with Gasteiger partial charge in [0.25, 0.3) is 0 Å². The van der Waals surface area contributed by atoms with E-state index < -0.39 is 74.2 Å². The molecule has 0 saturated heterocycles. The second-order valence-electron chi connectivity index (χ2n) is 14.8. The largest absolute Gasteiger partial charge is 0.494 e. The van der Waals surface area contributed by atoms with E-state index in [0.717, 1.165) is 23.4 Å². The third-order valence-electron chi connectivity index (χ3n) is 8.21. The highest BCUT2D eigenvalue weighted by molar-refractivity contribution is 5.85. The number of hydrogen-bond acceptors (Lipinski definition) is 13. The topological polar surface area (TPSA) is 282 Å². The van der Waals surface area contributed by atoms with Crippen molar-refractivity contribution in [2.45, 2.75) is 65.1 Å². The molecule has 0 aliphatic carbocycles. The van der Waals surface area contributed by atoms with Gasteiger partial charge in [0, 0.05) is 51.4 Å². The summed E-state index contributed by atoms with van der Waals surface area (Å²) in [6, 6.07) is 14.4. The van der Waals surface area contributed by atoms with Gasteiger partial charge in [0.1, 0.15) is 11.4 Å². The van der Waals surface area contributed by atoms with Crippen molar-refractivity contribution >= 4 is 48.3 Å². The average Bonchev–Trinajstić information content (AvgIpc) is 3.10. The van der Waals surface area contributed by atoms with E-state index in [9.17, 15) is 44.1 Å². The molecule has 0 radical (unpaired) electrons. The lowest BCUT2D eigenvalue weighted by molar-refractivity contribution is -0.144. The van der Waals surface area contributed by atoms with Crippen LogP contribution in [0.3, 0.4) is 0 Å². The van der Waals surface area contributed by atoms with Gasteiger partial charge in [-0.25, -0.2) is 4.79 Å². The molecule has 1 amide bonds. The third kappa shape index (κ3) is 26.9. The zero-order valence-electron chi connectivity index (χ0n) is 35.0. The molecule has 0 aromatic heterocycles. The molecule has 0 heterocycles. The molecule has 9 N–H and O–H groups in total. The van der Waals surface area contributed by atoms with Crippen molar-refractivity contribution in [1.29, 1.82) is 0 Å². The molecule has 19 nitrogen and oxygen atoms in total. The highest BCUT2D eigenvalue weighted by Gasteiger charge is 2.27. The predicted octanol–water partition coefficient (Wildman–Crippen LogP) is 1.73. The molecular formula is C40H63ClN6O13. The molecule has 0 fully saturated rings. The van der Waals surface area contributed by atoms with Crippen molar-refractivity contribution < 1.29 is 63.8 Å². The van der Waals surface area contributed by atoms with Crippen LogP contribution >= 0.6 is 12.4 Å². The summed E-state index contributed by atoms with van der Waals surface area (Å²) in [5, 5.41) is 52.4. The third-order valence-corrected chi connectivity index (χ3v) is 8.21. The molecule has 0 unspecified atom stereocenters. The fourth-order valence-corrected chi connectivity index (χ4v) is 5.77. The number of nitrogens with two attached hydrogens (primary N) is 1. The van der Waals surface area contributed by atoms with E-state index >= 15 is 0 Å². The molecule has 0 spiro atoms. The normalized spacial score (nSPS) is 12.1. The van der Waals surface area contributed by atoms with Crippen LogP contribution in [0.5, 0.6) is 5.75 Å². The van der Waals surface area contributed by atoms with Crippen LogP contribution in [0.2, 0.25) is 0 Å². The van der Waals surface area contributed by atoms with Gasteiger partial charge in [-0.15, -0.1) is 12.4 Å². The van der Waals surface area contributed by atoms with E-state index in [0.29, 0.717) is 25.4 Å². The summed E-state index contributed by atoms with van der Waals surface area (Å²) >= 11 is 0. The van der Waals surface area contributed by atoms with Gasteiger partial charge in [0.05, 0.1) is 39.3 Å². The van der Waals surface area contributed by atoms with Gasteiger partial charge in [-0.1, -0.05) is 42.0 Å². The summed E-state index contributed by atoms with van der Waals surface area (Å²) in [7, 11) is 0. The first kappa shape index (κ1) is 55.0. The molecule has 0 bridgehead atoms. The van der Waals surface area contributed by atoms with Gasteiger partial charge in [0.15, 0.2) is 0 Å².